The number of likely N-dealkylation sites (tertiary alicyclic amines) is 1. The molecule has 2 saturated heterocycles. The van der Waals surface area contributed by atoms with Gasteiger partial charge >= 0.3 is 5.97 Å². The van der Waals surface area contributed by atoms with Crippen LogP contribution in [0.25, 0.3) is 0 Å². The lowest BCUT2D eigenvalue weighted by Crippen LogP contribution is -2.59. The predicted molar refractivity (Wildman–Crippen MR) is 116 cm³/mol. The Morgan fingerprint density at radius 2 is 2.00 bits per heavy atom. The molecule has 1 aromatic carbocycles. The summed E-state index contributed by atoms with van der Waals surface area (Å²) in [6.45, 7) is 6.81. The summed E-state index contributed by atoms with van der Waals surface area (Å²) in [4.78, 5) is 30.9. The van der Waals surface area contributed by atoms with Gasteiger partial charge in [-0.2, -0.15) is 0 Å². The molecule has 3 fully saturated rings. The fourth-order valence-corrected chi connectivity index (χ4v) is 5.63. The number of nitrogens with zero attached hydrogens (tertiary/aromatic N) is 2. The van der Waals surface area contributed by atoms with E-state index in [0.29, 0.717) is 37.1 Å². The summed E-state index contributed by atoms with van der Waals surface area (Å²) in [7, 11) is 1.59. The molecule has 3 aliphatic rings. The van der Waals surface area contributed by atoms with Crippen LogP contribution in [-0.2, 0) is 14.3 Å². The number of rotatable bonds is 5. The SMILES string of the molecule is CCOC(=O)[C@@]12CCC(N3CCOCC3)C[C@H]1CCN(C(=O)c1cccc(OC)c1)C2. The molecule has 0 bridgehead atoms. The average Bonchev–Trinajstić information content (AvgIpc) is 2.83. The monoisotopic (exact) mass is 430 g/mol. The van der Waals surface area contributed by atoms with Crippen molar-refractivity contribution in [2.24, 2.45) is 11.3 Å². The maximum Gasteiger partial charge on any atom is 0.314 e. The van der Waals surface area contributed by atoms with E-state index < -0.39 is 5.41 Å². The second-order valence-corrected chi connectivity index (χ2v) is 8.90. The second kappa shape index (κ2) is 9.57. The Balaban J connectivity index is 1.53. The number of esters is 1. The van der Waals surface area contributed by atoms with Gasteiger partial charge in [0, 0.05) is 37.8 Å². The van der Waals surface area contributed by atoms with Gasteiger partial charge in [0.2, 0.25) is 0 Å². The number of benzene rings is 1. The van der Waals surface area contributed by atoms with Crippen LogP contribution in [0.4, 0.5) is 0 Å². The Labute approximate surface area is 184 Å². The number of amides is 1. The van der Waals surface area contributed by atoms with E-state index in [0.717, 1.165) is 52.0 Å². The van der Waals surface area contributed by atoms with E-state index in [1.807, 2.05) is 30.0 Å². The summed E-state index contributed by atoms with van der Waals surface area (Å²) in [5, 5.41) is 0. The van der Waals surface area contributed by atoms with Crippen molar-refractivity contribution in [3.05, 3.63) is 29.8 Å². The number of methoxy groups -OCH3 is 1. The van der Waals surface area contributed by atoms with Crippen LogP contribution in [0.3, 0.4) is 0 Å². The summed E-state index contributed by atoms with van der Waals surface area (Å²) >= 11 is 0. The van der Waals surface area contributed by atoms with Crippen LogP contribution in [-0.4, -0.2) is 80.8 Å². The third-order valence-corrected chi connectivity index (χ3v) is 7.33. The lowest BCUT2D eigenvalue weighted by atomic mass is 9.61. The first kappa shape index (κ1) is 22.1. The summed E-state index contributed by atoms with van der Waals surface area (Å²) in [5.41, 5.74) is -0.00946. The molecule has 0 N–H and O–H groups in total. The first-order chi connectivity index (χ1) is 15.1. The fourth-order valence-electron chi connectivity index (χ4n) is 5.63. The van der Waals surface area contributed by atoms with Crippen molar-refractivity contribution in [2.75, 3.05) is 53.1 Å². The maximum atomic E-state index is 13.3. The van der Waals surface area contributed by atoms with Gasteiger partial charge in [0.15, 0.2) is 0 Å². The van der Waals surface area contributed by atoms with Crippen molar-refractivity contribution in [3.8, 4) is 5.75 Å². The highest BCUT2D eigenvalue weighted by molar-refractivity contribution is 5.95. The van der Waals surface area contributed by atoms with Gasteiger partial charge in [-0.25, -0.2) is 0 Å². The Morgan fingerprint density at radius 1 is 1.19 bits per heavy atom. The highest BCUT2D eigenvalue weighted by atomic mass is 16.5. The van der Waals surface area contributed by atoms with E-state index >= 15 is 0 Å². The molecule has 170 valence electrons. The second-order valence-electron chi connectivity index (χ2n) is 8.90. The fraction of sp³-hybridized carbons (Fsp3) is 0.667. The number of carbonyl (C=O) groups excluding carboxylic acids is 2. The van der Waals surface area contributed by atoms with Gasteiger partial charge < -0.3 is 19.1 Å². The van der Waals surface area contributed by atoms with Gasteiger partial charge in [-0.15, -0.1) is 0 Å². The molecule has 1 saturated carbocycles. The molecule has 2 aliphatic heterocycles. The van der Waals surface area contributed by atoms with Crippen LogP contribution in [0.2, 0.25) is 0 Å². The maximum absolute atomic E-state index is 13.3. The van der Waals surface area contributed by atoms with Crippen LogP contribution in [0, 0.1) is 11.3 Å². The molecule has 1 unspecified atom stereocenters. The van der Waals surface area contributed by atoms with Crippen molar-refractivity contribution < 1.29 is 23.8 Å². The van der Waals surface area contributed by atoms with Gasteiger partial charge in [-0.3, -0.25) is 14.5 Å². The highest BCUT2D eigenvalue weighted by Gasteiger charge is 2.54. The number of hydrogen-bond donors (Lipinski definition) is 0. The number of ether oxygens (including phenoxy) is 3. The molecule has 7 nitrogen and oxygen atoms in total. The lowest BCUT2D eigenvalue weighted by molar-refractivity contribution is -0.168. The average molecular weight is 431 g/mol. The van der Waals surface area contributed by atoms with E-state index in [1.165, 1.54) is 0 Å². The van der Waals surface area contributed by atoms with E-state index in [9.17, 15) is 9.59 Å². The van der Waals surface area contributed by atoms with Crippen LogP contribution >= 0.6 is 0 Å². The summed E-state index contributed by atoms with van der Waals surface area (Å²) < 4.78 is 16.4. The predicted octanol–water partition coefficient (Wildman–Crippen LogP) is 2.59. The van der Waals surface area contributed by atoms with Crippen molar-refractivity contribution in [1.29, 1.82) is 0 Å². The molecule has 0 spiro atoms. The zero-order valence-electron chi connectivity index (χ0n) is 18.7. The Bertz CT molecular complexity index is 794. The topological polar surface area (TPSA) is 68.3 Å². The summed E-state index contributed by atoms with van der Waals surface area (Å²) in [5.74, 6) is 0.717. The smallest absolute Gasteiger partial charge is 0.314 e. The van der Waals surface area contributed by atoms with E-state index in [4.69, 9.17) is 14.2 Å². The molecule has 0 aromatic heterocycles. The zero-order chi connectivity index (χ0) is 21.8. The van der Waals surface area contributed by atoms with Gasteiger partial charge in [0.25, 0.3) is 5.91 Å². The van der Waals surface area contributed by atoms with Gasteiger partial charge in [0.05, 0.1) is 32.3 Å². The minimum Gasteiger partial charge on any atom is -0.497 e. The first-order valence-electron chi connectivity index (χ1n) is 11.5. The van der Waals surface area contributed by atoms with Crippen molar-refractivity contribution >= 4 is 11.9 Å². The van der Waals surface area contributed by atoms with E-state index in [-0.39, 0.29) is 17.8 Å². The third kappa shape index (κ3) is 4.44. The number of piperidine rings is 1. The van der Waals surface area contributed by atoms with Gasteiger partial charge in [0.1, 0.15) is 5.75 Å². The van der Waals surface area contributed by atoms with E-state index in [1.54, 1.807) is 13.2 Å². The van der Waals surface area contributed by atoms with Gasteiger partial charge in [-0.05, 0) is 56.7 Å². The quantitative estimate of drug-likeness (QED) is 0.669. The number of fused-ring (bicyclic) bond motifs is 1. The molecule has 1 aliphatic carbocycles. The Morgan fingerprint density at radius 3 is 2.74 bits per heavy atom. The van der Waals surface area contributed by atoms with Crippen LogP contribution in [0.1, 0.15) is 43.0 Å². The standard InChI is InChI=1S/C24H34N2O5/c1-3-31-23(28)24-9-7-20(25-11-13-30-14-12-25)16-19(24)8-10-26(17-24)22(27)18-5-4-6-21(15-18)29-2/h4-6,15,19-20H,3,7-14,16-17H2,1-2H3/t19-,20?,24-/m1/s1. The molecule has 0 radical (unpaired) electrons. The van der Waals surface area contributed by atoms with E-state index in [2.05, 4.69) is 4.90 Å². The van der Waals surface area contributed by atoms with Crippen LogP contribution in [0.15, 0.2) is 24.3 Å². The molecule has 3 atom stereocenters. The highest BCUT2D eigenvalue weighted by Crippen LogP contribution is 2.48. The lowest BCUT2D eigenvalue weighted by Gasteiger charge is -2.52. The van der Waals surface area contributed by atoms with Gasteiger partial charge in [-0.1, -0.05) is 6.07 Å². The molecule has 7 heteroatoms. The Kier molecular flexibility index (Phi) is 6.82. The molecular weight excluding hydrogens is 396 g/mol. The van der Waals surface area contributed by atoms with Crippen molar-refractivity contribution in [3.63, 3.8) is 0 Å². The van der Waals surface area contributed by atoms with Crippen LogP contribution < -0.4 is 4.74 Å². The molecule has 31 heavy (non-hydrogen) atoms. The minimum absolute atomic E-state index is 0.0451. The largest absolute Gasteiger partial charge is 0.497 e. The zero-order valence-corrected chi connectivity index (χ0v) is 18.7. The third-order valence-electron chi connectivity index (χ3n) is 7.33. The molecule has 4 rings (SSSR count). The molecule has 2 heterocycles. The molecule has 1 amide bonds. The Hall–Kier alpha value is -2.12. The number of carbonyl (C=O) groups is 2. The van der Waals surface area contributed by atoms with Crippen molar-refractivity contribution in [1.82, 2.24) is 9.80 Å². The molecular formula is C24H34N2O5. The van der Waals surface area contributed by atoms with Crippen LogP contribution in [0.5, 0.6) is 5.75 Å². The summed E-state index contributed by atoms with van der Waals surface area (Å²) in [6.07, 6.45) is 3.53. The minimum atomic E-state index is -0.606. The molecule has 1 aromatic rings. The summed E-state index contributed by atoms with van der Waals surface area (Å²) in [6, 6.07) is 7.71. The number of hydrogen-bond acceptors (Lipinski definition) is 6. The normalized spacial score (nSPS) is 29.2. The number of morpholine rings is 1. The van der Waals surface area contributed by atoms with Crippen molar-refractivity contribution in [2.45, 2.75) is 38.6 Å². The first-order valence-corrected chi connectivity index (χ1v) is 11.5.